The quantitative estimate of drug-likeness (QED) is 0.336. The predicted octanol–water partition coefficient (Wildman–Crippen LogP) is 5.71. The number of tetrazole rings is 1. The molecule has 1 saturated carbocycles. The van der Waals surface area contributed by atoms with Gasteiger partial charge in [-0.15, -0.1) is 5.10 Å². The van der Waals surface area contributed by atoms with E-state index in [4.69, 9.17) is 0 Å². The number of hydrogen-bond acceptors (Lipinski definition) is 5. The van der Waals surface area contributed by atoms with Gasteiger partial charge in [0, 0.05) is 23.7 Å². The number of aromatic nitrogens is 5. The maximum absolute atomic E-state index is 13.3. The van der Waals surface area contributed by atoms with Crippen LogP contribution < -0.4 is 5.56 Å². The smallest absolute Gasteiger partial charge is 0.252 e. The standard InChI is InChI=1S/C30H38N6O/c1-20(2)28(29-32-33-34-36(29)18-23-11-7-5-8-12-23)35(26-13-9-6-10-14-26)19-25-17-24-15-21(3)22(4)16-27(24)31-30(25)37/h5,7-8,11-12,15-17,20,26,28H,6,9-10,13-14,18-19H2,1-4H3,(H,31,37)/t28-/m1/s1. The SMILES string of the molecule is Cc1cc2cc(CN(C3CCCCC3)[C@@H](c3nnnn3Cc3ccccc3)C(C)C)c(=O)[nH]c2cc1C. The van der Waals surface area contributed by atoms with Crippen molar-refractivity contribution >= 4 is 10.9 Å². The van der Waals surface area contributed by atoms with Crippen molar-refractivity contribution in [1.29, 1.82) is 0 Å². The lowest BCUT2D eigenvalue weighted by molar-refractivity contribution is 0.0611. The summed E-state index contributed by atoms with van der Waals surface area (Å²) in [4.78, 5) is 19.0. The summed E-state index contributed by atoms with van der Waals surface area (Å²) in [5, 5.41) is 14.1. The highest BCUT2D eigenvalue weighted by atomic mass is 16.1. The molecule has 0 amide bonds. The van der Waals surface area contributed by atoms with E-state index in [-0.39, 0.29) is 17.5 Å². The molecule has 4 aromatic rings. The first kappa shape index (κ1) is 25.3. The minimum atomic E-state index is -0.0112. The van der Waals surface area contributed by atoms with Gasteiger partial charge < -0.3 is 4.98 Å². The van der Waals surface area contributed by atoms with E-state index in [2.05, 4.69) is 83.4 Å². The Kier molecular flexibility index (Phi) is 7.51. The fourth-order valence-electron chi connectivity index (χ4n) is 5.83. The normalized spacial score (nSPS) is 15.6. The van der Waals surface area contributed by atoms with E-state index in [1.54, 1.807) is 0 Å². The van der Waals surface area contributed by atoms with Crippen molar-refractivity contribution < 1.29 is 0 Å². The third-order valence-electron chi connectivity index (χ3n) is 7.92. The van der Waals surface area contributed by atoms with Crippen molar-refractivity contribution in [2.75, 3.05) is 0 Å². The van der Waals surface area contributed by atoms with Gasteiger partial charge in [-0.1, -0.05) is 63.4 Å². The molecule has 2 aromatic heterocycles. The second kappa shape index (κ2) is 11.0. The summed E-state index contributed by atoms with van der Waals surface area (Å²) in [7, 11) is 0. The first-order chi connectivity index (χ1) is 17.9. The Bertz CT molecular complexity index is 1400. The largest absolute Gasteiger partial charge is 0.322 e. The summed E-state index contributed by atoms with van der Waals surface area (Å²) in [6.07, 6.45) is 5.97. The predicted molar refractivity (Wildman–Crippen MR) is 147 cm³/mol. The minimum Gasteiger partial charge on any atom is -0.322 e. The van der Waals surface area contributed by atoms with Gasteiger partial charge >= 0.3 is 0 Å². The average Bonchev–Trinajstić information content (AvgIpc) is 3.33. The zero-order valence-corrected chi connectivity index (χ0v) is 22.4. The number of aromatic amines is 1. The van der Waals surface area contributed by atoms with E-state index >= 15 is 0 Å². The number of nitrogens with one attached hydrogen (secondary N) is 1. The number of H-pyrrole nitrogens is 1. The Labute approximate surface area is 218 Å². The van der Waals surface area contributed by atoms with Crippen LogP contribution in [0.25, 0.3) is 10.9 Å². The molecule has 2 aromatic carbocycles. The molecule has 1 N–H and O–H groups in total. The van der Waals surface area contributed by atoms with Crippen LogP contribution in [0.2, 0.25) is 0 Å². The molecule has 7 nitrogen and oxygen atoms in total. The van der Waals surface area contributed by atoms with Crippen LogP contribution in [0, 0.1) is 19.8 Å². The molecule has 2 heterocycles. The van der Waals surface area contributed by atoms with Crippen molar-refractivity contribution in [3.05, 3.63) is 87.0 Å². The van der Waals surface area contributed by atoms with Crippen molar-refractivity contribution in [1.82, 2.24) is 30.1 Å². The van der Waals surface area contributed by atoms with Crippen molar-refractivity contribution in [3.63, 3.8) is 0 Å². The summed E-state index contributed by atoms with van der Waals surface area (Å²) >= 11 is 0. The van der Waals surface area contributed by atoms with Gasteiger partial charge in [-0.25, -0.2) is 4.68 Å². The molecule has 194 valence electrons. The van der Waals surface area contributed by atoms with Gasteiger partial charge in [0.05, 0.1) is 12.6 Å². The lowest BCUT2D eigenvalue weighted by Gasteiger charge is -2.41. The third-order valence-corrected chi connectivity index (χ3v) is 7.92. The fraction of sp³-hybridized carbons (Fsp3) is 0.467. The molecule has 1 atom stereocenters. The first-order valence-electron chi connectivity index (χ1n) is 13.6. The average molecular weight is 499 g/mol. The summed E-state index contributed by atoms with van der Waals surface area (Å²) in [6.45, 7) is 9.87. The molecule has 0 spiro atoms. The molecular weight excluding hydrogens is 460 g/mol. The van der Waals surface area contributed by atoms with E-state index < -0.39 is 0 Å². The highest BCUT2D eigenvalue weighted by Crippen LogP contribution is 2.35. The Morgan fingerprint density at radius 2 is 1.76 bits per heavy atom. The second-order valence-corrected chi connectivity index (χ2v) is 11.0. The zero-order chi connectivity index (χ0) is 25.9. The highest BCUT2D eigenvalue weighted by Gasteiger charge is 2.35. The molecule has 7 heteroatoms. The monoisotopic (exact) mass is 498 g/mol. The van der Waals surface area contributed by atoms with Crippen LogP contribution >= 0.6 is 0 Å². The van der Waals surface area contributed by atoms with Crippen molar-refractivity contribution in [2.24, 2.45) is 5.92 Å². The van der Waals surface area contributed by atoms with Crippen LogP contribution in [-0.2, 0) is 13.1 Å². The van der Waals surface area contributed by atoms with Gasteiger partial charge in [-0.3, -0.25) is 9.69 Å². The van der Waals surface area contributed by atoms with Crippen LogP contribution in [0.1, 0.15) is 80.1 Å². The molecule has 1 fully saturated rings. The molecule has 0 unspecified atom stereocenters. The number of fused-ring (bicyclic) bond motifs is 1. The van der Waals surface area contributed by atoms with Crippen molar-refractivity contribution in [3.8, 4) is 0 Å². The second-order valence-electron chi connectivity index (χ2n) is 11.0. The fourth-order valence-corrected chi connectivity index (χ4v) is 5.83. The molecular formula is C30H38N6O. The van der Waals surface area contributed by atoms with Gasteiger partial charge in [0.25, 0.3) is 5.56 Å². The van der Waals surface area contributed by atoms with Crippen LogP contribution in [0.3, 0.4) is 0 Å². The van der Waals surface area contributed by atoms with Crippen LogP contribution in [-0.4, -0.2) is 36.1 Å². The highest BCUT2D eigenvalue weighted by molar-refractivity contribution is 5.80. The summed E-state index contributed by atoms with van der Waals surface area (Å²) in [5.74, 6) is 1.14. The number of benzene rings is 2. The number of nitrogens with zero attached hydrogens (tertiary/aromatic N) is 5. The molecule has 1 aliphatic rings. The number of rotatable bonds is 8. The van der Waals surface area contributed by atoms with E-state index in [1.165, 1.54) is 36.0 Å². The molecule has 5 rings (SSSR count). The molecule has 37 heavy (non-hydrogen) atoms. The molecule has 0 aliphatic heterocycles. The van der Waals surface area contributed by atoms with E-state index in [0.29, 0.717) is 19.1 Å². The van der Waals surface area contributed by atoms with E-state index in [1.807, 2.05) is 22.9 Å². The summed E-state index contributed by atoms with van der Waals surface area (Å²) in [5.41, 5.74) is 5.27. The number of hydrogen-bond donors (Lipinski definition) is 1. The number of aryl methyl sites for hydroxylation is 2. The van der Waals surface area contributed by atoms with Gasteiger partial charge in [0.2, 0.25) is 0 Å². The Morgan fingerprint density at radius 1 is 1.03 bits per heavy atom. The maximum Gasteiger partial charge on any atom is 0.252 e. The molecule has 0 saturated heterocycles. The third kappa shape index (κ3) is 5.52. The van der Waals surface area contributed by atoms with E-state index in [9.17, 15) is 4.79 Å². The van der Waals surface area contributed by atoms with Crippen LogP contribution in [0.15, 0.2) is 53.3 Å². The zero-order valence-electron chi connectivity index (χ0n) is 22.4. The molecule has 0 bridgehead atoms. The van der Waals surface area contributed by atoms with Gasteiger partial charge in [-0.05, 0) is 83.3 Å². The van der Waals surface area contributed by atoms with Gasteiger partial charge in [0.1, 0.15) is 0 Å². The van der Waals surface area contributed by atoms with E-state index in [0.717, 1.165) is 35.1 Å². The summed E-state index contributed by atoms with van der Waals surface area (Å²) < 4.78 is 1.94. The maximum atomic E-state index is 13.3. The Balaban J connectivity index is 1.55. The minimum absolute atomic E-state index is 0.00309. The van der Waals surface area contributed by atoms with Gasteiger partial charge in [-0.2, -0.15) is 0 Å². The Hall–Kier alpha value is -3.32. The molecule has 0 radical (unpaired) electrons. The Morgan fingerprint density at radius 3 is 2.49 bits per heavy atom. The van der Waals surface area contributed by atoms with Crippen LogP contribution in [0.4, 0.5) is 0 Å². The lowest BCUT2D eigenvalue weighted by Crippen LogP contribution is -2.43. The number of pyridine rings is 1. The molecule has 1 aliphatic carbocycles. The van der Waals surface area contributed by atoms with Crippen molar-refractivity contribution in [2.45, 2.75) is 85.0 Å². The van der Waals surface area contributed by atoms with Crippen LogP contribution in [0.5, 0.6) is 0 Å². The topological polar surface area (TPSA) is 79.7 Å². The lowest BCUT2D eigenvalue weighted by atomic mass is 9.90. The van der Waals surface area contributed by atoms with Gasteiger partial charge in [0.15, 0.2) is 5.82 Å². The summed E-state index contributed by atoms with van der Waals surface area (Å²) in [6, 6.07) is 17.0. The first-order valence-corrected chi connectivity index (χ1v) is 13.6.